The number of hydrogen-bond donors (Lipinski definition) is 1. The standard InChI is InChI=1S/C32H27F3N6O3/c1-20-5-8-28(44-19-21-6-7-23-17-40(12-9-22(23)14-21)18-24-15-36-10-11-37-24)25(13-20)27-3-2-4-29(39-27)41-30(32(33,34)35)26(16-38-41)31(42)43/h2-8,10-11,13-16H,9,12,17-19H2,1H3,(H,42,43). The van der Waals surface area contributed by atoms with E-state index in [-0.39, 0.29) is 12.4 Å². The second kappa shape index (κ2) is 11.9. The van der Waals surface area contributed by atoms with Gasteiger partial charge in [0.2, 0.25) is 0 Å². The summed E-state index contributed by atoms with van der Waals surface area (Å²) in [6.07, 6.45) is 1.77. The molecule has 0 atom stereocenters. The molecule has 0 amide bonds. The van der Waals surface area contributed by atoms with E-state index < -0.39 is 23.4 Å². The number of ether oxygens (including phenoxy) is 1. The van der Waals surface area contributed by atoms with Crippen molar-refractivity contribution in [1.29, 1.82) is 0 Å². The number of carboxylic acids is 1. The SMILES string of the molecule is Cc1ccc(OCc2ccc3c(c2)CCN(Cc2cnccn2)C3)c(-c2cccc(-n3ncc(C(=O)O)c3C(F)(F)F)n2)c1. The van der Waals surface area contributed by atoms with E-state index in [1.165, 1.54) is 17.2 Å². The predicted octanol–water partition coefficient (Wildman–Crippen LogP) is 5.89. The Hall–Kier alpha value is -5.10. The molecule has 1 aliphatic heterocycles. The normalized spacial score (nSPS) is 13.5. The molecule has 0 bridgehead atoms. The summed E-state index contributed by atoms with van der Waals surface area (Å²) >= 11 is 0. The first-order valence-corrected chi connectivity index (χ1v) is 13.8. The number of nitrogens with zero attached hydrogens (tertiary/aromatic N) is 6. The van der Waals surface area contributed by atoms with Crippen LogP contribution in [0.2, 0.25) is 0 Å². The van der Waals surface area contributed by atoms with Crippen LogP contribution in [0.5, 0.6) is 5.75 Å². The lowest BCUT2D eigenvalue weighted by Crippen LogP contribution is -2.30. The van der Waals surface area contributed by atoms with Crippen molar-refractivity contribution < 1.29 is 27.8 Å². The lowest BCUT2D eigenvalue weighted by atomic mass is 9.97. The molecule has 1 N–H and O–H groups in total. The van der Waals surface area contributed by atoms with Crippen LogP contribution < -0.4 is 4.74 Å². The third-order valence-electron chi connectivity index (χ3n) is 7.39. The number of carboxylic acid groups (broad SMARTS) is 1. The van der Waals surface area contributed by atoms with Crippen LogP contribution in [0.15, 0.2) is 79.4 Å². The zero-order valence-electron chi connectivity index (χ0n) is 23.6. The van der Waals surface area contributed by atoms with Crippen molar-refractivity contribution in [3.05, 3.63) is 119 Å². The minimum atomic E-state index is -4.96. The molecular formula is C32H27F3N6O3. The fraction of sp³-hybridized carbons (Fsp3) is 0.219. The van der Waals surface area contributed by atoms with Crippen molar-refractivity contribution in [3.8, 4) is 22.8 Å². The van der Waals surface area contributed by atoms with Gasteiger partial charge in [-0.3, -0.25) is 14.9 Å². The summed E-state index contributed by atoms with van der Waals surface area (Å²) in [7, 11) is 0. The third kappa shape index (κ3) is 6.16. The average molecular weight is 601 g/mol. The molecule has 1 aliphatic rings. The van der Waals surface area contributed by atoms with E-state index in [2.05, 4.69) is 37.1 Å². The van der Waals surface area contributed by atoms with Gasteiger partial charge in [-0.2, -0.15) is 18.3 Å². The van der Waals surface area contributed by atoms with Gasteiger partial charge >= 0.3 is 12.1 Å². The Morgan fingerprint density at radius 3 is 2.68 bits per heavy atom. The number of aromatic nitrogens is 5. The Morgan fingerprint density at radius 1 is 1.05 bits per heavy atom. The number of fused-ring (bicyclic) bond motifs is 1. The summed E-state index contributed by atoms with van der Waals surface area (Å²) < 4.78 is 48.2. The van der Waals surface area contributed by atoms with Gasteiger partial charge in [0.1, 0.15) is 17.9 Å². The Labute approximate surface area is 250 Å². The summed E-state index contributed by atoms with van der Waals surface area (Å²) in [4.78, 5) is 26.7. The number of pyridine rings is 1. The highest BCUT2D eigenvalue weighted by Crippen LogP contribution is 2.35. The molecule has 0 unspecified atom stereocenters. The Kier molecular flexibility index (Phi) is 7.83. The van der Waals surface area contributed by atoms with E-state index in [4.69, 9.17) is 4.74 Å². The average Bonchev–Trinajstić information content (AvgIpc) is 3.48. The largest absolute Gasteiger partial charge is 0.488 e. The summed E-state index contributed by atoms with van der Waals surface area (Å²) in [6, 6.07) is 16.4. The molecule has 224 valence electrons. The molecular weight excluding hydrogens is 573 g/mol. The number of benzene rings is 2. The lowest BCUT2D eigenvalue weighted by molar-refractivity contribution is -0.143. The minimum Gasteiger partial charge on any atom is -0.488 e. The molecule has 0 saturated heterocycles. The van der Waals surface area contributed by atoms with Crippen LogP contribution in [-0.4, -0.2) is 47.3 Å². The third-order valence-corrected chi connectivity index (χ3v) is 7.39. The quantitative estimate of drug-likeness (QED) is 0.235. The molecule has 44 heavy (non-hydrogen) atoms. The summed E-state index contributed by atoms with van der Waals surface area (Å²) in [5.41, 5.74) is 3.94. The number of carbonyl (C=O) groups is 1. The highest BCUT2D eigenvalue weighted by atomic mass is 19.4. The fourth-order valence-electron chi connectivity index (χ4n) is 5.30. The van der Waals surface area contributed by atoms with E-state index in [1.807, 2.05) is 25.1 Å². The van der Waals surface area contributed by atoms with Crippen LogP contribution in [-0.2, 0) is 32.3 Å². The van der Waals surface area contributed by atoms with Gasteiger partial charge < -0.3 is 9.84 Å². The van der Waals surface area contributed by atoms with E-state index >= 15 is 0 Å². The van der Waals surface area contributed by atoms with Gasteiger partial charge in [0, 0.05) is 43.8 Å². The van der Waals surface area contributed by atoms with Gasteiger partial charge in [-0.1, -0.05) is 35.9 Å². The number of alkyl halides is 3. The van der Waals surface area contributed by atoms with Gasteiger partial charge in [0.25, 0.3) is 0 Å². The Balaban J connectivity index is 1.22. The maximum Gasteiger partial charge on any atom is 0.434 e. The van der Waals surface area contributed by atoms with Crippen LogP contribution >= 0.6 is 0 Å². The highest BCUT2D eigenvalue weighted by molar-refractivity contribution is 5.89. The smallest absolute Gasteiger partial charge is 0.434 e. The van der Waals surface area contributed by atoms with Crippen molar-refractivity contribution in [2.75, 3.05) is 6.54 Å². The number of halogens is 3. The topological polar surface area (TPSA) is 106 Å². The van der Waals surface area contributed by atoms with Crippen molar-refractivity contribution in [1.82, 2.24) is 29.6 Å². The number of aryl methyl sites for hydroxylation is 1. The molecule has 0 saturated carbocycles. The number of hydrogen-bond acceptors (Lipinski definition) is 7. The molecule has 0 aliphatic carbocycles. The van der Waals surface area contributed by atoms with Crippen LogP contribution in [0.4, 0.5) is 13.2 Å². The molecule has 5 aromatic rings. The van der Waals surface area contributed by atoms with Crippen LogP contribution in [0.3, 0.4) is 0 Å². The zero-order chi connectivity index (χ0) is 30.8. The first-order valence-electron chi connectivity index (χ1n) is 13.8. The molecule has 3 aromatic heterocycles. The lowest BCUT2D eigenvalue weighted by Gasteiger charge is -2.28. The van der Waals surface area contributed by atoms with Crippen molar-refractivity contribution in [3.63, 3.8) is 0 Å². The first-order chi connectivity index (χ1) is 21.2. The monoisotopic (exact) mass is 600 g/mol. The Morgan fingerprint density at radius 2 is 1.91 bits per heavy atom. The molecule has 0 radical (unpaired) electrons. The van der Waals surface area contributed by atoms with E-state index in [0.717, 1.165) is 42.9 Å². The molecule has 12 heteroatoms. The predicted molar refractivity (Wildman–Crippen MR) is 154 cm³/mol. The molecule has 6 rings (SSSR count). The van der Waals surface area contributed by atoms with Crippen LogP contribution in [0.1, 0.15) is 44.0 Å². The van der Waals surface area contributed by atoms with Gasteiger partial charge in [-0.25, -0.2) is 14.5 Å². The van der Waals surface area contributed by atoms with Gasteiger partial charge in [0.05, 0.1) is 17.6 Å². The first kappa shape index (κ1) is 29.0. The highest BCUT2D eigenvalue weighted by Gasteiger charge is 2.41. The maximum absolute atomic E-state index is 13.8. The van der Waals surface area contributed by atoms with Crippen molar-refractivity contribution in [2.45, 2.75) is 39.2 Å². The second-order valence-corrected chi connectivity index (χ2v) is 10.6. The fourth-order valence-corrected chi connectivity index (χ4v) is 5.30. The summed E-state index contributed by atoms with van der Waals surface area (Å²) in [6.45, 7) is 4.63. The molecule has 9 nitrogen and oxygen atoms in total. The van der Waals surface area contributed by atoms with E-state index in [1.54, 1.807) is 36.8 Å². The van der Waals surface area contributed by atoms with Crippen LogP contribution in [0, 0.1) is 6.92 Å². The van der Waals surface area contributed by atoms with Crippen LogP contribution in [0.25, 0.3) is 17.1 Å². The Bertz CT molecular complexity index is 1820. The van der Waals surface area contributed by atoms with Crippen molar-refractivity contribution in [2.24, 2.45) is 0 Å². The summed E-state index contributed by atoms with van der Waals surface area (Å²) in [5, 5.41) is 13.0. The molecule has 0 spiro atoms. The van der Waals surface area contributed by atoms with Gasteiger partial charge in [-0.05, 0) is 54.3 Å². The second-order valence-electron chi connectivity index (χ2n) is 10.6. The zero-order valence-corrected chi connectivity index (χ0v) is 23.6. The maximum atomic E-state index is 13.8. The van der Waals surface area contributed by atoms with E-state index in [9.17, 15) is 23.1 Å². The van der Waals surface area contributed by atoms with E-state index in [0.29, 0.717) is 27.9 Å². The minimum absolute atomic E-state index is 0.169. The number of rotatable bonds is 8. The molecule has 4 heterocycles. The van der Waals surface area contributed by atoms with Crippen molar-refractivity contribution >= 4 is 5.97 Å². The summed E-state index contributed by atoms with van der Waals surface area (Å²) in [5.74, 6) is -1.38. The molecule has 0 fully saturated rings. The van der Waals surface area contributed by atoms with Gasteiger partial charge in [0.15, 0.2) is 11.5 Å². The van der Waals surface area contributed by atoms with Gasteiger partial charge in [-0.15, -0.1) is 0 Å². The number of aromatic carboxylic acids is 1. The molecule has 2 aromatic carbocycles.